The van der Waals surface area contributed by atoms with E-state index >= 15 is 0 Å². The van der Waals surface area contributed by atoms with Crippen molar-refractivity contribution in [1.29, 1.82) is 0 Å². The van der Waals surface area contributed by atoms with Crippen molar-refractivity contribution in [1.82, 2.24) is 9.62 Å². The Morgan fingerprint density at radius 2 is 1.77 bits per heavy atom. The monoisotopic (exact) mass is 334 g/mol. The third-order valence-corrected chi connectivity index (χ3v) is 4.66. The highest BCUT2D eigenvalue weighted by atomic mass is 32.2. The number of benzene rings is 1. The number of hydrogen-bond acceptors (Lipinski definition) is 5. The fourth-order valence-electron chi connectivity index (χ4n) is 2.01. The molecule has 0 aliphatic rings. The molecule has 1 aromatic carbocycles. The molecule has 0 fully saturated rings. The number of likely N-dealkylation sites (N-methyl/N-ethyl adjacent to an activating group) is 1. The van der Waals surface area contributed by atoms with Crippen LogP contribution >= 0.6 is 0 Å². The van der Waals surface area contributed by atoms with Crippen molar-refractivity contribution in [2.75, 3.05) is 34.9 Å². The van der Waals surface area contributed by atoms with E-state index in [0.29, 0.717) is 13.0 Å². The number of nitrogens with zero attached hydrogens (tertiary/aromatic N) is 1. The first kappa shape index (κ1) is 18.7. The van der Waals surface area contributed by atoms with Crippen LogP contribution in [0.25, 0.3) is 0 Å². The molecular formula is C14H23FN2O4S. The Morgan fingerprint density at radius 3 is 2.23 bits per heavy atom. The standard InChI is InChI=1S/C14H23FN2O4S/c1-6-10(9-17(2)3)16-22(18,19)14-8-13(21-5)12(20-4)7-11(14)15/h7-8,10,16H,6,9H2,1-5H3/t10-/m1/s1. The predicted octanol–water partition coefficient (Wildman–Crippen LogP) is 1.46. The molecule has 126 valence electrons. The number of rotatable bonds is 8. The molecule has 0 amide bonds. The number of hydrogen-bond donors (Lipinski definition) is 1. The zero-order valence-electron chi connectivity index (χ0n) is 13.5. The largest absolute Gasteiger partial charge is 0.493 e. The highest BCUT2D eigenvalue weighted by Crippen LogP contribution is 2.31. The smallest absolute Gasteiger partial charge is 0.243 e. The second-order valence-corrected chi connectivity index (χ2v) is 6.81. The number of sulfonamides is 1. The molecule has 0 aliphatic heterocycles. The third-order valence-electron chi connectivity index (χ3n) is 3.13. The van der Waals surface area contributed by atoms with Gasteiger partial charge in [0.2, 0.25) is 10.0 Å². The molecule has 22 heavy (non-hydrogen) atoms. The lowest BCUT2D eigenvalue weighted by molar-refractivity contribution is 0.348. The van der Waals surface area contributed by atoms with Crippen LogP contribution in [0.4, 0.5) is 4.39 Å². The maximum Gasteiger partial charge on any atom is 0.243 e. The van der Waals surface area contributed by atoms with Gasteiger partial charge in [-0.3, -0.25) is 0 Å². The van der Waals surface area contributed by atoms with Gasteiger partial charge in [0.25, 0.3) is 0 Å². The molecule has 0 bridgehead atoms. The Morgan fingerprint density at radius 1 is 1.23 bits per heavy atom. The third kappa shape index (κ3) is 4.56. The van der Waals surface area contributed by atoms with E-state index < -0.39 is 20.7 Å². The van der Waals surface area contributed by atoms with Crippen LogP contribution in [0, 0.1) is 5.82 Å². The average molecular weight is 334 g/mol. The van der Waals surface area contributed by atoms with Gasteiger partial charge < -0.3 is 14.4 Å². The quantitative estimate of drug-likeness (QED) is 0.780. The van der Waals surface area contributed by atoms with Gasteiger partial charge in [0.1, 0.15) is 10.7 Å². The Kier molecular flexibility index (Phi) is 6.58. The molecule has 0 saturated carbocycles. The van der Waals surface area contributed by atoms with Gasteiger partial charge in [0, 0.05) is 24.7 Å². The van der Waals surface area contributed by atoms with Gasteiger partial charge >= 0.3 is 0 Å². The number of halogens is 1. The number of ether oxygens (including phenoxy) is 2. The lowest BCUT2D eigenvalue weighted by Crippen LogP contribution is -2.41. The average Bonchev–Trinajstić information content (AvgIpc) is 2.44. The Balaban J connectivity index is 3.17. The maximum atomic E-state index is 14.1. The van der Waals surface area contributed by atoms with Crippen LogP contribution in [0.15, 0.2) is 17.0 Å². The molecular weight excluding hydrogens is 311 g/mol. The minimum atomic E-state index is -3.99. The van der Waals surface area contributed by atoms with Crippen molar-refractivity contribution in [3.8, 4) is 11.5 Å². The minimum Gasteiger partial charge on any atom is -0.493 e. The van der Waals surface area contributed by atoms with Crippen molar-refractivity contribution in [2.24, 2.45) is 0 Å². The van der Waals surface area contributed by atoms with Crippen molar-refractivity contribution < 1.29 is 22.3 Å². The van der Waals surface area contributed by atoms with Gasteiger partial charge in [-0.05, 0) is 20.5 Å². The summed E-state index contributed by atoms with van der Waals surface area (Å²) in [5.41, 5.74) is 0. The van der Waals surface area contributed by atoms with Crippen molar-refractivity contribution in [3.05, 3.63) is 17.9 Å². The van der Waals surface area contributed by atoms with Crippen LogP contribution in [0.2, 0.25) is 0 Å². The van der Waals surface area contributed by atoms with Crippen LogP contribution in [0.5, 0.6) is 11.5 Å². The SMILES string of the molecule is CC[C@H](CN(C)C)NS(=O)(=O)c1cc(OC)c(OC)cc1F. The van der Waals surface area contributed by atoms with E-state index in [1.54, 1.807) is 0 Å². The van der Waals surface area contributed by atoms with E-state index in [0.717, 1.165) is 12.1 Å². The summed E-state index contributed by atoms with van der Waals surface area (Å²) in [6, 6.07) is 1.81. The second kappa shape index (κ2) is 7.75. The summed E-state index contributed by atoms with van der Waals surface area (Å²) in [5, 5.41) is 0. The van der Waals surface area contributed by atoms with Gasteiger partial charge in [0.15, 0.2) is 11.5 Å². The molecule has 0 aliphatic carbocycles. The molecule has 0 spiro atoms. The van der Waals surface area contributed by atoms with Crippen molar-refractivity contribution in [3.63, 3.8) is 0 Å². The van der Waals surface area contributed by atoms with Gasteiger partial charge in [-0.2, -0.15) is 0 Å². The molecule has 6 nitrogen and oxygen atoms in total. The summed E-state index contributed by atoms with van der Waals surface area (Å²) in [6.45, 7) is 2.38. The summed E-state index contributed by atoms with van der Waals surface area (Å²) in [5.74, 6) is -0.589. The zero-order chi connectivity index (χ0) is 16.9. The minimum absolute atomic E-state index is 0.138. The van der Waals surface area contributed by atoms with Gasteiger partial charge in [-0.25, -0.2) is 17.5 Å². The topological polar surface area (TPSA) is 67.9 Å². The Labute approximate surface area is 131 Å². The molecule has 0 radical (unpaired) electrons. The highest BCUT2D eigenvalue weighted by molar-refractivity contribution is 7.89. The second-order valence-electron chi connectivity index (χ2n) is 5.13. The lowest BCUT2D eigenvalue weighted by atomic mass is 10.2. The van der Waals surface area contributed by atoms with Crippen molar-refractivity contribution in [2.45, 2.75) is 24.3 Å². The Hall–Kier alpha value is -1.38. The zero-order valence-corrected chi connectivity index (χ0v) is 14.3. The molecule has 0 heterocycles. The van der Waals surface area contributed by atoms with E-state index in [1.165, 1.54) is 14.2 Å². The van der Waals surface area contributed by atoms with Crippen molar-refractivity contribution >= 4 is 10.0 Å². The lowest BCUT2D eigenvalue weighted by Gasteiger charge is -2.21. The molecule has 1 aromatic rings. The summed E-state index contributed by atoms with van der Waals surface area (Å²) in [6.07, 6.45) is 0.590. The van der Waals surface area contributed by atoms with E-state index in [9.17, 15) is 12.8 Å². The van der Waals surface area contributed by atoms with Gasteiger partial charge in [-0.15, -0.1) is 0 Å². The van der Waals surface area contributed by atoms with Gasteiger partial charge in [-0.1, -0.05) is 6.92 Å². The normalized spacial score (nSPS) is 13.2. The van der Waals surface area contributed by atoms with Crippen LogP contribution in [-0.2, 0) is 10.0 Å². The number of methoxy groups -OCH3 is 2. The fraction of sp³-hybridized carbons (Fsp3) is 0.571. The molecule has 0 saturated heterocycles. The maximum absolute atomic E-state index is 14.1. The molecule has 1 atom stereocenters. The van der Waals surface area contributed by atoms with E-state index in [2.05, 4.69) is 4.72 Å². The van der Waals surface area contributed by atoms with E-state index in [-0.39, 0.29) is 17.5 Å². The molecule has 8 heteroatoms. The first-order chi connectivity index (χ1) is 10.2. The summed E-state index contributed by atoms with van der Waals surface area (Å²) >= 11 is 0. The van der Waals surface area contributed by atoms with E-state index in [1.807, 2.05) is 25.9 Å². The highest BCUT2D eigenvalue weighted by Gasteiger charge is 2.25. The molecule has 0 unspecified atom stereocenters. The molecule has 1 rings (SSSR count). The number of nitrogens with one attached hydrogen (secondary N) is 1. The fourth-order valence-corrected chi connectivity index (χ4v) is 3.40. The first-order valence-electron chi connectivity index (χ1n) is 6.83. The summed E-state index contributed by atoms with van der Waals surface area (Å²) < 4.78 is 51.4. The van der Waals surface area contributed by atoms with Crippen LogP contribution < -0.4 is 14.2 Å². The summed E-state index contributed by atoms with van der Waals surface area (Å²) in [7, 11) is 2.41. The van der Waals surface area contributed by atoms with Gasteiger partial charge in [0.05, 0.1) is 14.2 Å². The summed E-state index contributed by atoms with van der Waals surface area (Å²) in [4.78, 5) is 1.41. The molecule has 1 N–H and O–H groups in total. The van der Waals surface area contributed by atoms with Crippen LogP contribution in [0.1, 0.15) is 13.3 Å². The van der Waals surface area contributed by atoms with E-state index in [4.69, 9.17) is 9.47 Å². The first-order valence-corrected chi connectivity index (χ1v) is 8.32. The van der Waals surface area contributed by atoms with Crippen LogP contribution in [0.3, 0.4) is 0 Å². The molecule has 0 aromatic heterocycles. The predicted molar refractivity (Wildman–Crippen MR) is 82.5 cm³/mol. The van der Waals surface area contributed by atoms with Crippen LogP contribution in [-0.4, -0.2) is 54.2 Å². The Bertz CT molecular complexity index is 605.